The minimum atomic E-state index is -0.258. The zero-order valence-electron chi connectivity index (χ0n) is 19.9. The first kappa shape index (κ1) is 28.0. The van der Waals surface area contributed by atoms with Crippen molar-refractivity contribution in [1.29, 1.82) is 0 Å². The molecule has 0 aliphatic rings. The molecule has 8 nitrogen and oxygen atoms in total. The van der Waals surface area contributed by atoms with E-state index in [1.54, 1.807) is 6.07 Å². The second-order valence-corrected chi connectivity index (χ2v) is 8.38. The number of aryl methyl sites for hydroxylation is 2. The van der Waals surface area contributed by atoms with Gasteiger partial charge in [0.05, 0.1) is 26.1 Å². The maximum atomic E-state index is 12.4. The van der Waals surface area contributed by atoms with E-state index in [0.29, 0.717) is 54.4 Å². The molecule has 0 atom stereocenters. The lowest BCUT2D eigenvalue weighted by atomic mass is 10.0. The highest BCUT2D eigenvalue weighted by molar-refractivity contribution is 6.35. The van der Waals surface area contributed by atoms with Crippen LogP contribution in [0.1, 0.15) is 49.9 Å². The molecule has 0 saturated carbocycles. The van der Waals surface area contributed by atoms with Crippen LogP contribution in [-0.2, 0) is 31.9 Å². The molecule has 1 aromatic carbocycles. The van der Waals surface area contributed by atoms with Gasteiger partial charge in [-0.2, -0.15) is 4.98 Å². The van der Waals surface area contributed by atoms with Gasteiger partial charge in [0.2, 0.25) is 17.8 Å². The van der Waals surface area contributed by atoms with Crippen molar-refractivity contribution >= 4 is 46.8 Å². The number of aromatic nitrogens is 2. The van der Waals surface area contributed by atoms with Crippen molar-refractivity contribution in [3.05, 3.63) is 45.1 Å². The molecule has 186 valence electrons. The number of benzene rings is 1. The summed E-state index contributed by atoms with van der Waals surface area (Å²) in [5.74, 6) is 0.0497. The molecule has 0 spiro atoms. The number of hydrogen-bond donors (Lipinski definition) is 2. The number of rotatable bonds is 14. The van der Waals surface area contributed by atoms with E-state index >= 15 is 0 Å². The highest BCUT2D eigenvalue weighted by Gasteiger charge is 2.16. The number of nitrogens with one attached hydrogen (secondary N) is 2. The van der Waals surface area contributed by atoms with Crippen molar-refractivity contribution in [2.75, 3.05) is 37.1 Å². The van der Waals surface area contributed by atoms with Gasteiger partial charge in [-0.25, -0.2) is 4.98 Å². The van der Waals surface area contributed by atoms with Crippen molar-refractivity contribution in [2.45, 2.75) is 52.9 Å². The summed E-state index contributed by atoms with van der Waals surface area (Å²) in [6.45, 7) is 7.28. The van der Waals surface area contributed by atoms with Gasteiger partial charge in [-0.15, -0.1) is 0 Å². The molecule has 0 radical (unpaired) electrons. The lowest BCUT2D eigenvalue weighted by molar-refractivity contribution is -0.118. The third-order valence-corrected chi connectivity index (χ3v) is 5.55. The van der Waals surface area contributed by atoms with Gasteiger partial charge in [-0.1, -0.05) is 29.3 Å². The zero-order valence-corrected chi connectivity index (χ0v) is 21.4. The Bertz CT molecular complexity index is 972. The van der Waals surface area contributed by atoms with Crippen LogP contribution in [0.15, 0.2) is 18.2 Å². The summed E-state index contributed by atoms with van der Waals surface area (Å²) in [5, 5.41) is 6.75. The molecule has 0 saturated heterocycles. The summed E-state index contributed by atoms with van der Waals surface area (Å²) in [7, 11) is 0. The van der Waals surface area contributed by atoms with Gasteiger partial charge in [-0.3, -0.25) is 14.9 Å². The molecular weight excluding hydrogens is 479 g/mol. The minimum absolute atomic E-state index is 0.142. The second kappa shape index (κ2) is 14.9. The number of carbonyl (C=O) groups excluding carboxylic acids is 2. The van der Waals surface area contributed by atoms with Crippen molar-refractivity contribution in [3.63, 3.8) is 0 Å². The van der Waals surface area contributed by atoms with Crippen LogP contribution in [-0.4, -0.2) is 48.2 Å². The molecule has 34 heavy (non-hydrogen) atoms. The quantitative estimate of drug-likeness (QED) is 0.346. The van der Waals surface area contributed by atoms with E-state index in [4.69, 9.17) is 32.7 Å². The molecule has 0 unspecified atom stereocenters. The van der Waals surface area contributed by atoms with Crippen molar-refractivity contribution in [3.8, 4) is 0 Å². The molecule has 2 amide bonds. The molecule has 0 fully saturated rings. The van der Waals surface area contributed by atoms with Crippen LogP contribution in [0.4, 0.5) is 11.8 Å². The van der Waals surface area contributed by atoms with Gasteiger partial charge < -0.3 is 14.8 Å². The Labute approximate surface area is 210 Å². The molecule has 0 aliphatic carbocycles. The third-order valence-electron chi connectivity index (χ3n) is 4.97. The molecule has 2 rings (SSSR count). The van der Waals surface area contributed by atoms with Gasteiger partial charge >= 0.3 is 0 Å². The average Bonchev–Trinajstić information content (AvgIpc) is 2.77. The second-order valence-electron chi connectivity index (χ2n) is 7.54. The summed E-state index contributed by atoms with van der Waals surface area (Å²) in [4.78, 5) is 33.5. The topological polar surface area (TPSA) is 102 Å². The number of amides is 2. The maximum Gasteiger partial charge on any atom is 0.231 e. The number of anilines is 2. The van der Waals surface area contributed by atoms with E-state index in [0.717, 1.165) is 24.0 Å². The number of hydrogen-bond acceptors (Lipinski definition) is 6. The van der Waals surface area contributed by atoms with Gasteiger partial charge in [0.15, 0.2) is 0 Å². The van der Waals surface area contributed by atoms with Crippen molar-refractivity contribution in [1.82, 2.24) is 9.97 Å². The van der Waals surface area contributed by atoms with E-state index in [1.165, 1.54) is 0 Å². The number of ether oxygens (including phenoxy) is 2. The van der Waals surface area contributed by atoms with Gasteiger partial charge in [0.1, 0.15) is 5.82 Å². The van der Waals surface area contributed by atoms with Crippen LogP contribution in [0.3, 0.4) is 0 Å². The van der Waals surface area contributed by atoms with E-state index < -0.39 is 0 Å². The summed E-state index contributed by atoms with van der Waals surface area (Å²) in [5.41, 5.74) is 2.48. The summed E-state index contributed by atoms with van der Waals surface area (Å²) < 4.78 is 10.5. The Balaban J connectivity index is 2.15. The number of halogens is 2. The molecular formula is C24H32Cl2N4O4. The van der Waals surface area contributed by atoms with Crippen molar-refractivity contribution in [2.24, 2.45) is 0 Å². The van der Waals surface area contributed by atoms with Crippen molar-refractivity contribution < 1.29 is 19.1 Å². The van der Waals surface area contributed by atoms with E-state index in [1.807, 2.05) is 32.9 Å². The largest absolute Gasteiger partial charge is 0.381 e. The maximum absolute atomic E-state index is 12.4. The number of nitrogens with zero attached hydrogens (tertiary/aromatic N) is 2. The third kappa shape index (κ3) is 9.54. The first-order valence-electron chi connectivity index (χ1n) is 11.4. The molecule has 10 heteroatoms. The Morgan fingerprint density at radius 3 is 2.21 bits per heavy atom. The van der Waals surface area contributed by atoms with Crippen LogP contribution in [0, 0.1) is 6.92 Å². The molecule has 2 N–H and O–H groups in total. The molecule has 0 aliphatic heterocycles. The van der Waals surface area contributed by atoms with Crippen LogP contribution in [0.25, 0.3) is 0 Å². The van der Waals surface area contributed by atoms with E-state index in [2.05, 4.69) is 20.6 Å². The Hall–Kier alpha value is -2.26. The first-order chi connectivity index (χ1) is 16.3. The molecule has 1 heterocycles. The fourth-order valence-electron chi connectivity index (χ4n) is 3.23. The smallest absolute Gasteiger partial charge is 0.231 e. The zero-order chi connectivity index (χ0) is 24.9. The molecule has 0 bridgehead atoms. The minimum Gasteiger partial charge on any atom is -0.381 e. The fraction of sp³-hybridized carbons (Fsp3) is 0.500. The number of carbonyl (C=O) groups is 2. The van der Waals surface area contributed by atoms with Crippen LogP contribution < -0.4 is 10.6 Å². The van der Waals surface area contributed by atoms with Crippen LogP contribution in [0.2, 0.25) is 10.0 Å². The van der Waals surface area contributed by atoms with Gasteiger partial charge in [0.25, 0.3) is 0 Å². The highest BCUT2D eigenvalue weighted by atomic mass is 35.5. The monoisotopic (exact) mass is 510 g/mol. The lowest BCUT2D eigenvalue weighted by Gasteiger charge is -2.15. The predicted octanol–water partition coefficient (Wildman–Crippen LogP) is 5.00. The molecule has 2 aromatic rings. The Morgan fingerprint density at radius 1 is 0.941 bits per heavy atom. The lowest BCUT2D eigenvalue weighted by Crippen LogP contribution is -2.20. The molecule has 1 aromatic heterocycles. The van der Waals surface area contributed by atoms with Gasteiger partial charge in [-0.05, 0) is 57.7 Å². The summed E-state index contributed by atoms with van der Waals surface area (Å²) >= 11 is 12.3. The highest BCUT2D eigenvalue weighted by Crippen LogP contribution is 2.25. The van der Waals surface area contributed by atoms with Crippen LogP contribution in [0.5, 0.6) is 0 Å². The fourth-order valence-corrected chi connectivity index (χ4v) is 3.74. The first-order valence-corrected chi connectivity index (χ1v) is 12.2. The standard InChI is InChI=1S/C24H32Cl2N4O4/c1-4-33-13-11-21(31)28-23-19(8-6-7-17-9-10-18(25)15-20(17)26)16(3)27-24(30-23)29-22(32)12-14-34-5-2/h9-10,15H,4-8,11-14H2,1-3H3,(H2,27,28,29,30,31,32). The summed E-state index contributed by atoms with van der Waals surface area (Å²) in [6.07, 6.45) is 2.49. The average molecular weight is 511 g/mol. The Kier molecular flexibility index (Phi) is 12.2. The predicted molar refractivity (Wildman–Crippen MR) is 135 cm³/mol. The van der Waals surface area contributed by atoms with E-state index in [-0.39, 0.29) is 30.6 Å². The normalized spacial score (nSPS) is 10.9. The SMILES string of the molecule is CCOCCC(=O)Nc1nc(C)c(CCCc2ccc(Cl)cc2Cl)c(NC(=O)CCOCC)n1. The van der Waals surface area contributed by atoms with Gasteiger partial charge in [0, 0.05) is 34.5 Å². The Morgan fingerprint density at radius 2 is 1.59 bits per heavy atom. The van der Waals surface area contributed by atoms with Crippen LogP contribution >= 0.6 is 23.2 Å². The summed E-state index contributed by atoms with van der Waals surface area (Å²) in [6, 6.07) is 5.44. The van der Waals surface area contributed by atoms with E-state index in [9.17, 15) is 9.59 Å².